The maximum atomic E-state index is 12.5. The zero-order valence-corrected chi connectivity index (χ0v) is 15.4. The van der Waals surface area contributed by atoms with Crippen LogP contribution >= 0.6 is 0 Å². The number of fused-ring (bicyclic) bond motifs is 1. The van der Waals surface area contributed by atoms with E-state index < -0.39 is 37.1 Å². The van der Waals surface area contributed by atoms with Gasteiger partial charge in [0.15, 0.2) is 23.5 Å². The molecule has 11 nitrogen and oxygen atoms in total. The van der Waals surface area contributed by atoms with E-state index in [1.807, 2.05) is 0 Å². The van der Waals surface area contributed by atoms with E-state index in [0.29, 0.717) is 11.1 Å². The van der Waals surface area contributed by atoms with E-state index in [9.17, 15) is 15.0 Å². The zero-order valence-electron chi connectivity index (χ0n) is 15.4. The van der Waals surface area contributed by atoms with E-state index in [4.69, 9.17) is 19.9 Å². The van der Waals surface area contributed by atoms with Crippen molar-refractivity contribution in [1.29, 1.82) is 0 Å². The van der Waals surface area contributed by atoms with Crippen LogP contribution in [0.5, 0.6) is 5.88 Å². The van der Waals surface area contributed by atoms with Crippen LogP contribution in [0.3, 0.4) is 0 Å². The van der Waals surface area contributed by atoms with E-state index in [2.05, 4.69) is 15.0 Å². The first-order chi connectivity index (χ1) is 14.0. The first-order valence-corrected chi connectivity index (χ1v) is 8.78. The molecule has 0 spiro atoms. The van der Waals surface area contributed by atoms with Crippen LogP contribution in [0, 0.1) is 0 Å². The molecule has 1 aromatic carbocycles. The minimum atomic E-state index is -1.27. The van der Waals surface area contributed by atoms with Gasteiger partial charge in [-0.05, 0) is 12.1 Å². The first kappa shape index (κ1) is 19.1. The number of carbonyl (C=O) groups is 1. The van der Waals surface area contributed by atoms with Crippen LogP contribution in [-0.2, 0) is 9.47 Å². The van der Waals surface area contributed by atoms with Gasteiger partial charge in [-0.25, -0.2) is 9.78 Å². The Balaban J connectivity index is 1.72. The molecular weight excluding hydrogens is 382 g/mol. The second kappa shape index (κ2) is 7.62. The molecule has 0 saturated carbocycles. The van der Waals surface area contributed by atoms with Crippen molar-refractivity contribution in [1.82, 2.24) is 19.5 Å². The molecule has 4 N–H and O–H groups in total. The summed E-state index contributed by atoms with van der Waals surface area (Å²) in [6, 6.07) is 8.34. The van der Waals surface area contributed by atoms with Crippen molar-refractivity contribution in [3.8, 4) is 5.88 Å². The molecule has 0 aliphatic carbocycles. The number of hydrogen-bond acceptors (Lipinski definition) is 10. The molecule has 1 saturated heterocycles. The lowest BCUT2D eigenvalue weighted by Crippen LogP contribution is -2.37. The summed E-state index contributed by atoms with van der Waals surface area (Å²) in [7, 11) is 1.42. The molecule has 2 aromatic heterocycles. The molecule has 29 heavy (non-hydrogen) atoms. The number of aliphatic hydroxyl groups is 2. The number of rotatable bonds is 5. The van der Waals surface area contributed by atoms with Crippen LogP contribution < -0.4 is 10.5 Å². The number of aromatic nitrogens is 4. The molecular formula is C18H19N5O6. The fourth-order valence-electron chi connectivity index (χ4n) is 3.22. The minimum absolute atomic E-state index is 0.0498. The van der Waals surface area contributed by atoms with Crippen LogP contribution in [0.25, 0.3) is 11.2 Å². The SMILES string of the molecule is COc1nc(N)nc2c1ncn2C1O[C@H](CO)[C@@H](O)[C@@H]1OC(=O)c1ccccc1. The molecule has 0 amide bonds. The highest BCUT2D eigenvalue weighted by atomic mass is 16.6. The number of hydrogen-bond donors (Lipinski definition) is 3. The second-order valence-electron chi connectivity index (χ2n) is 6.39. The summed E-state index contributed by atoms with van der Waals surface area (Å²) >= 11 is 0. The number of aliphatic hydroxyl groups excluding tert-OH is 2. The van der Waals surface area contributed by atoms with E-state index in [1.165, 1.54) is 18.0 Å². The van der Waals surface area contributed by atoms with E-state index in [1.54, 1.807) is 30.3 Å². The second-order valence-corrected chi connectivity index (χ2v) is 6.39. The van der Waals surface area contributed by atoms with Gasteiger partial charge < -0.3 is 30.2 Å². The molecule has 4 atom stereocenters. The van der Waals surface area contributed by atoms with E-state index in [0.717, 1.165) is 0 Å². The quantitative estimate of drug-likeness (QED) is 0.493. The average molecular weight is 401 g/mol. The summed E-state index contributed by atoms with van der Waals surface area (Å²) in [5.74, 6) is -0.523. The van der Waals surface area contributed by atoms with Gasteiger partial charge in [-0.3, -0.25) is 4.57 Å². The third-order valence-electron chi connectivity index (χ3n) is 4.62. The summed E-state index contributed by atoms with van der Waals surface area (Å²) in [6.45, 7) is -0.468. The molecule has 1 aliphatic rings. The van der Waals surface area contributed by atoms with Crippen molar-refractivity contribution < 1.29 is 29.2 Å². The van der Waals surface area contributed by atoms with Crippen LogP contribution in [0.4, 0.5) is 5.95 Å². The third-order valence-corrected chi connectivity index (χ3v) is 4.62. The number of methoxy groups -OCH3 is 1. The largest absolute Gasteiger partial charge is 0.479 e. The molecule has 1 fully saturated rings. The molecule has 0 radical (unpaired) electrons. The Bertz CT molecular complexity index is 1030. The van der Waals surface area contributed by atoms with Gasteiger partial charge in [0.1, 0.15) is 12.2 Å². The number of imidazole rings is 1. The standard InChI is InChI=1S/C18H19N5O6/c1-27-15-11-14(21-18(19)22-15)23(8-20-11)16-13(12(25)10(7-24)28-16)29-17(26)9-5-3-2-4-6-9/h2-6,8,10,12-13,16,24-25H,7H2,1H3,(H2,19,21,22)/t10-,12-,13+,16?/m1/s1. The van der Waals surface area contributed by atoms with Gasteiger partial charge in [0.2, 0.25) is 11.8 Å². The monoisotopic (exact) mass is 401 g/mol. The molecule has 152 valence electrons. The van der Waals surface area contributed by atoms with Gasteiger partial charge in [-0.15, -0.1) is 0 Å². The van der Waals surface area contributed by atoms with E-state index >= 15 is 0 Å². The summed E-state index contributed by atoms with van der Waals surface area (Å²) < 4.78 is 17.9. The smallest absolute Gasteiger partial charge is 0.338 e. The first-order valence-electron chi connectivity index (χ1n) is 8.78. The molecule has 11 heteroatoms. The highest BCUT2D eigenvalue weighted by Crippen LogP contribution is 2.35. The minimum Gasteiger partial charge on any atom is -0.479 e. The molecule has 0 bridgehead atoms. The van der Waals surface area contributed by atoms with Crippen molar-refractivity contribution >= 4 is 23.1 Å². The summed E-state index contributed by atoms with van der Waals surface area (Å²) in [6.07, 6.45) is -2.97. The highest BCUT2D eigenvalue weighted by molar-refractivity contribution is 5.89. The number of carbonyl (C=O) groups excluding carboxylic acids is 1. The van der Waals surface area contributed by atoms with Gasteiger partial charge >= 0.3 is 5.97 Å². The Morgan fingerprint density at radius 2 is 2.07 bits per heavy atom. The maximum absolute atomic E-state index is 12.5. The van der Waals surface area contributed by atoms with Crippen molar-refractivity contribution in [2.75, 3.05) is 19.5 Å². The Morgan fingerprint density at radius 3 is 2.76 bits per heavy atom. The predicted molar refractivity (Wildman–Crippen MR) is 98.9 cm³/mol. The Labute approximate surface area is 164 Å². The average Bonchev–Trinajstić information content (AvgIpc) is 3.29. The van der Waals surface area contributed by atoms with Crippen molar-refractivity contribution in [2.24, 2.45) is 0 Å². The lowest BCUT2D eigenvalue weighted by atomic mass is 10.1. The normalized spacial score (nSPS) is 24.0. The highest BCUT2D eigenvalue weighted by Gasteiger charge is 2.47. The number of anilines is 1. The van der Waals surface area contributed by atoms with Gasteiger partial charge in [0.25, 0.3) is 0 Å². The van der Waals surface area contributed by atoms with Crippen molar-refractivity contribution in [2.45, 2.75) is 24.5 Å². The van der Waals surface area contributed by atoms with Crippen LogP contribution in [0.15, 0.2) is 36.7 Å². The predicted octanol–water partition coefficient (Wildman–Crippen LogP) is -0.107. The topological polar surface area (TPSA) is 155 Å². The van der Waals surface area contributed by atoms with Crippen molar-refractivity contribution in [3.63, 3.8) is 0 Å². The van der Waals surface area contributed by atoms with Gasteiger partial charge in [-0.1, -0.05) is 18.2 Å². The van der Waals surface area contributed by atoms with Crippen molar-refractivity contribution in [3.05, 3.63) is 42.2 Å². The number of esters is 1. The number of nitrogens with two attached hydrogens (primary N) is 1. The lowest BCUT2D eigenvalue weighted by Gasteiger charge is -2.22. The summed E-state index contributed by atoms with van der Waals surface area (Å²) in [4.78, 5) is 24.9. The van der Waals surface area contributed by atoms with Gasteiger partial charge in [-0.2, -0.15) is 9.97 Å². The van der Waals surface area contributed by atoms with E-state index in [-0.39, 0.29) is 17.5 Å². The number of nitrogen functional groups attached to an aromatic ring is 1. The molecule has 1 aliphatic heterocycles. The molecule has 4 rings (SSSR count). The van der Waals surface area contributed by atoms with Crippen LogP contribution in [-0.4, -0.2) is 67.7 Å². The Hall–Kier alpha value is -3.28. The molecule has 3 aromatic rings. The zero-order chi connectivity index (χ0) is 20.5. The number of benzene rings is 1. The van der Waals surface area contributed by atoms with Crippen LogP contribution in [0.1, 0.15) is 16.6 Å². The molecule has 1 unspecified atom stereocenters. The van der Waals surface area contributed by atoms with Gasteiger partial charge in [0.05, 0.1) is 25.6 Å². The van der Waals surface area contributed by atoms with Gasteiger partial charge in [0, 0.05) is 0 Å². The Morgan fingerprint density at radius 1 is 1.31 bits per heavy atom. The number of nitrogens with zero attached hydrogens (tertiary/aromatic N) is 4. The molecule has 3 heterocycles. The fraction of sp³-hybridized carbons (Fsp3) is 0.333. The lowest BCUT2D eigenvalue weighted by molar-refractivity contribution is -0.0564. The summed E-state index contributed by atoms with van der Waals surface area (Å²) in [5.41, 5.74) is 6.64. The Kier molecular flexibility index (Phi) is 5.01. The maximum Gasteiger partial charge on any atom is 0.338 e. The fourth-order valence-corrected chi connectivity index (χ4v) is 3.22. The summed E-state index contributed by atoms with van der Waals surface area (Å²) in [5, 5.41) is 20.1. The van der Waals surface area contributed by atoms with Crippen LogP contribution in [0.2, 0.25) is 0 Å². The third kappa shape index (κ3) is 3.35. The number of ether oxygens (including phenoxy) is 3.